The van der Waals surface area contributed by atoms with Crippen LogP contribution in [0.15, 0.2) is 18.2 Å². The van der Waals surface area contributed by atoms with Crippen LogP contribution in [0.25, 0.3) is 0 Å². The molecule has 0 saturated heterocycles. The van der Waals surface area contributed by atoms with Crippen LogP contribution in [0.2, 0.25) is 0 Å². The standard InChI is InChI=1S/C17H19F3N.HI/c1-5-6-7-10-21-12(2)16(3,4)14-11-13(17(18,19)20)8-9-15(14)21;/h1,8-9,11H,6-7,10H2,2-4H3;1H/q+1;/p-1. The molecular formula is C17H19F3IN. The summed E-state index contributed by atoms with van der Waals surface area (Å²) in [4.78, 5) is 0. The molecule has 22 heavy (non-hydrogen) atoms. The van der Waals surface area contributed by atoms with Crippen molar-refractivity contribution >= 4 is 11.4 Å². The first-order valence-corrected chi connectivity index (χ1v) is 6.96. The quantitative estimate of drug-likeness (QED) is 0.302. The lowest BCUT2D eigenvalue weighted by Crippen LogP contribution is -3.00. The maximum absolute atomic E-state index is 12.9. The third-order valence-electron chi connectivity index (χ3n) is 4.30. The van der Waals surface area contributed by atoms with Gasteiger partial charge in [0.25, 0.3) is 0 Å². The Morgan fingerprint density at radius 2 is 1.91 bits per heavy atom. The molecular weight excluding hydrogens is 402 g/mol. The highest BCUT2D eigenvalue weighted by atomic mass is 127. The topological polar surface area (TPSA) is 3.01 Å². The zero-order valence-corrected chi connectivity index (χ0v) is 15.0. The van der Waals surface area contributed by atoms with Gasteiger partial charge in [0.1, 0.15) is 6.54 Å². The van der Waals surface area contributed by atoms with Crippen molar-refractivity contribution in [2.24, 2.45) is 0 Å². The maximum atomic E-state index is 12.9. The number of fused-ring (bicyclic) bond motifs is 1. The molecule has 0 bridgehead atoms. The first-order chi connectivity index (χ1) is 9.69. The Balaban J connectivity index is 0.00000242. The smallest absolute Gasteiger partial charge is 0.416 e. The number of hydrogen-bond acceptors (Lipinski definition) is 0. The molecule has 0 aliphatic carbocycles. The van der Waals surface area contributed by atoms with Crippen molar-refractivity contribution in [2.75, 3.05) is 6.54 Å². The molecule has 1 aliphatic rings. The molecule has 0 atom stereocenters. The van der Waals surface area contributed by atoms with Crippen molar-refractivity contribution in [1.29, 1.82) is 0 Å². The van der Waals surface area contributed by atoms with Crippen molar-refractivity contribution in [1.82, 2.24) is 0 Å². The number of terminal acetylenes is 1. The van der Waals surface area contributed by atoms with Gasteiger partial charge in [-0.15, -0.1) is 12.3 Å². The van der Waals surface area contributed by atoms with Gasteiger partial charge in [-0.05, 0) is 26.0 Å². The van der Waals surface area contributed by atoms with Gasteiger partial charge in [0, 0.05) is 31.4 Å². The summed E-state index contributed by atoms with van der Waals surface area (Å²) in [6.07, 6.45) is 2.44. The molecule has 0 aromatic heterocycles. The third-order valence-corrected chi connectivity index (χ3v) is 4.30. The summed E-state index contributed by atoms with van der Waals surface area (Å²) in [6, 6.07) is 4.01. The van der Waals surface area contributed by atoms with Gasteiger partial charge in [-0.3, -0.25) is 0 Å². The van der Waals surface area contributed by atoms with E-state index >= 15 is 0 Å². The van der Waals surface area contributed by atoms with Gasteiger partial charge in [0.15, 0.2) is 5.71 Å². The van der Waals surface area contributed by atoms with Crippen LogP contribution in [0.5, 0.6) is 0 Å². The second kappa shape index (κ2) is 6.61. The molecule has 0 unspecified atom stereocenters. The van der Waals surface area contributed by atoms with Crippen LogP contribution < -0.4 is 24.0 Å². The number of nitrogens with zero attached hydrogens (tertiary/aromatic N) is 1. The number of unbranched alkanes of at least 4 members (excludes halogenated alkanes) is 1. The van der Waals surface area contributed by atoms with E-state index in [4.69, 9.17) is 6.42 Å². The lowest BCUT2D eigenvalue weighted by Gasteiger charge is -2.16. The minimum Gasteiger partial charge on any atom is -1.00 e. The second-order valence-corrected chi connectivity index (χ2v) is 5.90. The molecule has 0 saturated carbocycles. The summed E-state index contributed by atoms with van der Waals surface area (Å²) in [6.45, 7) is 6.63. The van der Waals surface area contributed by atoms with E-state index in [0.29, 0.717) is 6.42 Å². The normalized spacial score (nSPS) is 16.0. The molecule has 0 radical (unpaired) electrons. The Morgan fingerprint density at radius 3 is 2.45 bits per heavy atom. The fourth-order valence-corrected chi connectivity index (χ4v) is 2.79. The lowest BCUT2D eigenvalue weighted by atomic mass is 9.81. The third kappa shape index (κ3) is 3.32. The van der Waals surface area contributed by atoms with Crippen molar-refractivity contribution in [3.63, 3.8) is 0 Å². The largest absolute Gasteiger partial charge is 1.00 e. The SMILES string of the molecule is C#CCCC[N+]1=C(C)C(C)(C)c2cc(C(F)(F)F)ccc21.[I-]. The van der Waals surface area contributed by atoms with E-state index in [0.717, 1.165) is 36.0 Å². The molecule has 0 spiro atoms. The first kappa shape index (κ1) is 19.0. The van der Waals surface area contributed by atoms with Gasteiger partial charge < -0.3 is 24.0 Å². The minimum atomic E-state index is -4.31. The summed E-state index contributed by atoms with van der Waals surface area (Å²) >= 11 is 0. The van der Waals surface area contributed by atoms with Gasteiger partial charge >= 0.3 is 6.18 Å². The Kier molecular flexibility index (Phi) is 5.71. The van der Waals surface area contributed by atoms with E-state index < -0.39 is 17.2 Å². The Hall–Kier alpha value is -1.03. The molecule has 1 nitrogen and oxygen atoms in total. The van der Waals surface area contributed by atoms with E-state index in [-0.39, 0.29) is 24.0 Å². The number of halogens is 4. The summed E-state index contributed by atoms with van der Waals surface area (Å²) in [5.74, 6) is 2.60. The van der Waals surface area contributed by atoms with Gasteiger partial charge in [0.2, 0.25) is 5.69 Å². The highest BCUT2D eigenvalue weighted by Gasteiger charge is 2.44. The number of hydrogen-bond donors (Lipinski definition) is 0. The summed E-state index contributed by atoms with van der Waals surface area (Å²) in [5, 5.41) is 0. The molecule has 0 N–H and O–H groups in total. The molecule has 2 rings (SSSR count). The van der Waals surface area contributed by atoms with E-state index in [1.807, 2.05) is 20.8 Å². The van der Waals surface area contributed by atoms with Crippen LogP contribution in [0.4, 0.5) is 18.9 Å². The van der Waals surface area contributed by atoms with E-state index in [1.165, 1.54) is 6.07 Å². The number of benzene rings is 1. The summed E-state index contributed by atoms with van der Waals surface area (Å²) < 4.78 is 40.8. The van der Waals surface area contributed by atoms with Crippen LogP contribution in [-0.4, -0.2) is 16.8 Å². The van der Waals surface area contributed by atoms with Gasteiger partial charge in [0.05, 0.1) is 11.0 Å². The van der Waals surface area contributed by atoms with E-state index in [2.05, 4.69) is 10.5 Å². The summed E-state index contributed by atoms with van der Waals surface area (Å²) in [7, 11) is 0. The predicted molar refractivity (Wildman–Crippen MR) is 78.0 cm³/mol. The first-order valence-electron chi connectivity index (χ1n) is 6.96. The van der Waals surface area contributed by atoms with Gasteiger partial charge in [-0.25, -0.2) is 0 Å². The van der Waals surface area contributed by atoms with Gasteiger partial charge in [-0.1, -0.05) is 0 Å². The molecule has 0 amide bonds. The number of alkyl halides is 3. The van der Waals surface area contributed by atoms with E-state index in [9.17, 15) is 13.2 Å². The average molecular weight is 421 g/mol. The van der Waals surface area contributed by atoms with Crippen molar-refractivity contribution in [3.8, 4) is 12.3 Å². The maximum Gasteiger partial charge on any atom is 0.416 e. The highest BCUT2D eigenvalue weighted by Crippen LogP contribution is 2.42. The molecule has 1 aromatic carbocycles. The van der Waals surface area contributed by atoms with Crippen LogP contribution in [0.3, 0.4) is 0 Å². The molecule has 5 heteroatoms. The fraction of sp³-hybridized carbons (Fsp3) is 0.471. The zero-order chi connectivity index (χ0) is 15.8. The zero-order valence-electron chi connectivity index (χ0n) is 12.9. The van der Waals surface area contributed by atoms with Crippen LogP contribution in [0.1, 0.15) is 44.7 Å². The van der Waals surface area contributed by atoms with Crippen LogP contribution in [0, 0.1) is 12.3 Å². The molecule has 120 valence electrons. The van der Waals surface area contributed by atoms with Crippen LogP contribution in [-0.2, 0) is 11.6 Å². The minimum absolute atomic E-state index is 0. The van der Waals surface area contributed by atoms with Crippen LogP contribution >= 0.6 is 0 Å². The fourth-order valence-electron chi connectivity index (χ4n) is 2.79. The van der Waals surface area contributed by atoms with E-state index in [1.54, 1.807) is 6.07 Å². The summed E-state index contributed by atoms with van der Waals surface area (Å²) in [5.41, 5.74) is 1.67. The average Bonchev–Trinajstić information content (AvgIpc) is 2.59. The highest BCUT2D eigenvalue weighted by molar-refractivity contribution is 5.93. The monoisotopic (exact) mass is 421 g/mol. The molecule has 1 aromatic rings. The Labute approximate surface area is 146 Å². The molecule has 1 heterocycles. The predicted octanol–water partition coefficient (Wildman–Crippen LogP) is 1.52. The van der Waals surface area contributed by atoms with Crippen molar-refractivity contribution in [3.05, 3.63) is 29.3 Å². The van der Waals surface area contributed by atoms with Gasteiger partial charge in [-0.2, -0.15) is 17.7 Å². The second-order valence-electron chi connectivity index (χ2n) is 5.90. The Bertz CT molecular complexity index is 636. The lowest BCUT2D eigenvalue weighted by molar-refractivity contribution is -0.439. The Morgan fingerprint density at radius 1 is 1.27 bits per heavy atom. The van der Waals surface area contributed by atoms with Crippen molar-refractivity contribution < 1.29 is 41.7 Å². The van der Waals surface area contributed by atoms with Crippen molar-refractivity contribution in [2.45, 2.75) is 45.2 Å². The molecule has 0 fully saturated rings. The molecule has 1 aliphatic heterocycles. The number of rotatable bonds is 3.